The monoisotopic (exact) mass is 386 g/mol. The molecule has 2 aromatic rings. The molecule has 1 heterocycles. The molecule has 1 aromatic carbocycles. The van der Waals surface area contributed by atoms with Gasteiger partial charge in [-0.2, -0.15) is 0 Å². The number of nitrogens with two attached hydrogens (primary N) is 1. The van der Waals surface area contributed by atoms with Crippen molar-refractivity contribution in [3.8, 4) is 5.75 Å². The van der Waals surface area contributed by atoms with E-state index in [1.165, 1.54) is 18.3 Å². The summed E-state index contributed by atoms with van der Waals surface area (Å²) in [6.45, 7) is 3.42. The van der Waals surface area contributed by atoms with Crippen molar-refractivity contribution in [2.24, 2.45) is 11.7 Å². The van der Waals surface area contributed by atoms with Gasteiger partial charge in [-0.25, -0.2) is 0 Å². The standard InChI is InChI=1S/C20H22N2O4S/c1-11-6-7-15-16(8-11)27-20(18(15)19(21)25)22-17(24)10-26-14-5-3-4-13(9-14)12(2)23/h3-5,9,11H,6-8,10H2,1-2H3,(H2,21,25)(H,22,24)/t11-/m1/s1. The third-order valence-corrected chi connectivity index (χ3v) is 5.79. The van der Waals surface area contributed by atoms with Gasteiger partial charge in [0.25, 0.3) is 11.8 Å². The minimum absolute atomic E-state index is 0.0746. The van der Waals surface area contributed by atoms with Crippen molar-refractivity contribution in [2.45, 2.75) is 33.1 Å². The summed E-state index contributed by atoms with van der Waals surface area (Å²) in [5.41, 5.74) is 7.47. The van der Waals surface area contributed by atoms with E-state index in [2.05, 4.69) is 12.2 Å². The molecule has 142 valence electrons. The largest absolute Gasteiger partial charge is 0.484 e. The molecule has 0 saturated heterocycles. The molecule has 1 aliphatic rings. The van der Waals surface area contributed by atoms with Gasteiger partial charge in [-0.3, -0.25) is 14.4 Å². The number of carbonyl (C=O) groups is 3. The van der Waals surface area contributed by atoms with E-state index in [-0.39, 0.29) is 18.3 Å². The van der Waals surface area contributed by atoms with Crippen molar-refractivity contribution in [1.82, 2.24) is 0 Å². The summed E-state index contributed by atoms with van der Waals surface area (Å²) in [6, 6.07) is 6.66. The summed E-state index contributed by atoms with van der Waals surface area (Å²) in [5, 5.41) is 3.25. The normalized spacial score (nSPS) is 15.7. The number of ketones is 1. The van der Waals surface area contributed by atoms with Gasteiger partial charge in [-0.05, 0) is 49.8 Å². The number of ether oxygens (including phenoxy) is 1. The number of benzene rings is 1. The maximum Gasteiger partial charge on any atom is 0.262 e. The molecular weight excluding hydrogens is 364 g/mol. The van der Waals surface area contributed by atoms with Gasteiger partial charge >= 0.3 is 0 Å². The van der Waals surface area contributed by atoms with E-state index in [0.29, 0.717) is 27.8 Å². The van der Waals surface area contributed by atoms with Crippen molar-refractivity contribution < 1.29 is 19.1 Å². The maximum absolute atomic E-state index is 12.3. The fourth-order valence-corrected chi connectivity index (χ4v) is 4.65. The SMILES string of the molecule is CC(=O)c1cccc(OCC(=O)Nc2sc3c(c2C(N)=O)CC[C@@H](C)C3)c1. The summed E-state index contributed by atoms with van der Waals surface area (Å²) in [6.07, 6.45) is 2.70. The summed E-state index contributed by atoms with van der Waals surface area (Å²) >= 11 is 1.42. The Kier molecular flexibility index (Phi) is 5.60. The molecule has 0 radical (unpaired) electrons. The molecule has 1 atom stereocenters. The summed E-state index contributed by atoms with van der Waals surface area (Å²) in [4.78, 5) is 36.8. The number of rotatable bonds is 6. The fourth-order valence-electron chi connectivity index (χ4n) is 3.22. The molecule has 0 fully saturated rings. The van der Waals surface area contributed by atoms with E-state index >= 15 is 0 Å². The predicted octanol–water partition coefficient (Wildman–Crippen LogP) is 3.19. The first-order valence-corrected chi connectivity index (χ1v) is 9.64. The van der Waals surface area contributed by atoms with Crippen LogP contribution in [0.5, 0.6) is 5.75 Å². The molecule has 1 aromatic heterocycles. The lowest BCUT2D eigenvalue weighted by atomic mass is 9.88. The van der Waals surface area contributed by atoms with Crippen LogP contribution < -0.4 is 15.8 Å². The average molecular weight is 386 g/mol. The highest BCUT2D eigenvalue weighted by Gasteiger charge is 2.27. The Hall–Kier alpha value is -2.67. The van der Waals surface area contributed by atoms with Gasteiger partial charge in [0.2, 0.25) is 0 Å². The molecule has 7 heteroatoms. The molecule has 0 bridgehead atoms. The summed E-state index contributed by atoms with van der Waals surface area (Å²) in [5.74, 6) is 0.0174. The van der Waals surface area contributed by atoms with Crippen LogP contribution in [0.25, 0.3) is 0 Å². The number of thiophene rings is 1. The predicted molar refractivity (Wildman–Crippen MR) is 105 cm³/mol. The van der Waals surface area contributed by atoms with Crippen molar-refractivity contribution in [3.63, 3.8) is 0 Å². The lowest BCUT2D eigenvalue weighted by Gasteiger charge is -2.18. The Bertz CT molecular complexity index is 903. The molecule has 0 unspecified atom stereocenters. The highest BCUT2D eigenvalue weighted by atomic mass is 32.1. The van der Waals surface area contributed by atoms with E-state index < -0.39 is 5.91 Å². The third kappa shape index (κ3) is 4.36. The zero-order valence-electron chi connectivity index (χ0n) is 15.3. The van der Waals surface area contributed by atoms with Crippen LogP contribution in [0, 0.1) is 5.92 Å². The number of primary amides is 1. The first kappa shape index (κ1) is 19.1. The van der Waals surface area contributed by atoms with Gasteiger partial charge in [-0.15, -0.1) is 11.3 Å². The Morgan fingerprint density at radius 1 is 1.33 bits per heavy atom. The molecule has 27 heavy (non-hydrogen) atoms. The molecule has 2 amide bonds. The molecule has 0 spiro atoms. The summed E-state index contributed by atoms with van der Waals surface area (Å²) < 4.78 is 5.47. The Morgan fingerprint density at radius 2 is 2.11 bits per heavy atom. The Balaban J connectivity index is 1.70. The van der Waals surface area contributed by atoms with Crippen molar-refractivity contribution in [2.75, 3.05) is 11.9 Å². The van der Waals surface area contributed by atoms with Crippen LogP contribution in [0.3, 0.4) is 0 Å². The number of amides is 2. The molecule has 0 aliphatic heterocycles. The van der Waals surface area contributed by atoms with Crippen molar-refractivity contribution in [3.05, 3.63) is 45.8 Å². The van der Waals surface area contributed by atoms with Crippen LogP contribution in [0.15, 0.2) is 24.3 Å². The van der Waals surface area contributed by atoms with Gasteiger partial charge in [0, 0.05) is 10.4 Å². The lowest BCUT2D eigenvalue weighted by molar-refractivity contribution is -0.118. The minimum Gasteiger partial charge on any atom is -0.484 e. The zero-order chi connectivity index (χ0) is 19.6. The zero-order valence-corrected chi connectivity index (χ0v) is 16.2. The van der Waals surface area contributed by atoms with Crippen LogP contribution in [0.4, 0.5) is 5.00 Å². The van der Waals surface area contributed by atoms with Crippen LogP contribution in [-0.2, 0) is 17.6 Å². The topological polar surface area (TPSA) is 98.5 Å². The summed E-state index contributed by atoms with van der Waals surface area (Å²) in [7, 11) is 0. The number of hydrogen-bond donors (Lipinski definition) is 2. The second-order valence-electron chi connectivity index (χ2n) is 6.84. The van der Waals surface area contributed by atoms with Gasteiger partial charge in [0.1, 0.15) is 10.8 Å². The quantitative estimate of drug-likeness (QED) is 0.745. The van der Waals surface area contributed by atoms with Crippen LogP contribution in [-0.4, -0.2) is 24.2 Å². The van der Waals surface area contributed by atoms with E-state index in [4.69, 9.17) is 10.5 Å². The van der Waals surface area contributed by atoms with E-state index in [1.807, 2.05) is 0 Å². The number of Topliss-reactive ketones (excluding diaryl/α,β-unsaturated/α-hetero) is 1. The van der Waals surface area contributed by atoms with E-state index in [1.54, 1.807) is 24.3 Å². The lowest BCUT2D eigenvalue weighted by Crippen LogP contribution is -2.22. The first-order chi connectivity index (χ1) is 12.8. The number of anilines is 1. The van der Waals surface area contributed by atoms with Gasteiger partial charge in [0.15, 0.2) is 12.4 Å². The molecule has 3 rings (SSSR count). The molecular formula is C20H22N2O4S. The number of nitrogens with one attached hydrogen (secondary N) is 1. The third-order valence-electron chi connectivity index (χ3n) is 4.62. The molecule has 6 nitrogen and oxygen atoms in total. The maximum atomic E-state index is 12.3. The minimum atomic E-state index is -0.521. The number of carbonyl (C=O) groups excluding carboxylic acids is 3. The molecule has 0 saturated carbocycles. The highest BCUT2D eigenvalue weighted by Crippen LogP contribution is 2.39. The van der Waals surface area contributed by atoms with Crippen molar-refractivity contribution in [1.29, 1.82) is 0 Å². The van der Waals surface area contributed by atoms with Gasteiger partial charge in [0.05, 0.1) is 5.56 Å². The van der Waals surface area contributed by atoms with Gasteiger partial charge < -0.3 is 15.8 Å². The second kappa shape index (κ2) is 7.92. The number of hydrogen-bond acceptors (Lipinski definition) is 5. The van der Waals surface area contributed by atoms with Crippen LogP contribution in [0.1, 0.15) is 51.4 Å². The Morgan fingerprint density at radius 3 is 2.81 bits per heavy atom. The van der Waals surface area contributed by atoms with Crippen LogP contribution >= 0.6 is 11.3 Å². The molecule has 1 aliphatic carbocycles. The van der Waals surface area contributed by atoms with Crippen LogP contribution in [0.2, 0.25) is 0 Å². The average Bonchev–Trinajstić information content (AvgIpc) is 2.97. The molecule has 3 N–H and O–H groups in total. The van der Waals surface area contributed by atoms with E-state index in [0.717, 1.165) is 29.7 Å². The number of fused-ring (bicyclic) bond motifs is 1. The first-order valence-electron chi connectivity index (χ1n) is 8.83. The second-order valence-corrected chi connectivity index (χ2v) is 7.95. The smallest absolute Gasteiger partial charge is 0.262 e. The van der Waals surface area contributed by atoms with E-state index in [9.17, 15) is 14.4 Å². The highest BCUT2D eigenvalue weighted by molar-refractivity contribution is 7.17. The Labute approximate surface area is 161 Å². The van der Waals surface area contributed by atoms with Crippen molar-refractivity contribution >= 4 is 33.9 Å². The van der Waals surface area contributed by atoms with Gasteiger partial charge in [-0.1, -0.05) is 19.1 Å². The fraction of sp³-hybridized carbons (Fsp3) is 0.350.